The first-order valence-corrected chi connectivity index (χ1v) is 5.62. The molecule has 0 spiro atoms. The minimum atomic E-state index is 0.873. The van der Waals surface area contributed by atoms with Crippen LogP contribution in [0.2, 0.25) is 0 Å². The van der Waals surface area contributed by atoms with Gasteiger partial charge in [0.2, 0.25) is 0 Å². The number of furan rings is 1. The van der Waals surface area contributed by atoms with E-state index in [9.17, 15) is 0 Å². The Kier molecular flexibility index (Phi) is 2.51. The van der Waals surface area contributed by atoms with Gasteiger partial charge in [0.25, 0.3) is 0 Å². The van der Waals surface area contributed by atoms with Crippen molar-refractivity contribution in [3.8, 4) is 0 Å². The Hall–Kier alpha value is -2.28. The van der Waals surface area contributed by atoms with Crippen molar-refractivity contribution in [1.82, 2.24) is 0 Å². The molecule has 0 unspecified atom stereocenters. The molecule has 0 bridgehead atoms. The highest BCUT2D eigenvalue weighted by Crippen LogP contribution is 2.17. The van der Waals surface area contributed by atoms with Crippen LogP contribution in [0.15, 0.2) is 65.3 Å². The summed E-state index contributed by atoms with van der Waals surface area (Å²) in [4.78, 5) is 0. The Labute approximate surface area is 100 Å². The zero-order valence-corrected chi connectivity index (χ0v) is 9.34. The Morgan fingerprint density at radius 2 is 1.65 bits per heavy atom. The first-order valence-electron chi connectivity index (χ1n) is 5.62. The van der Waals surface area contributed by atoms with Crippen LogP contribution >= 0.6 is 0 Å². The van der Waals surface area contributed by atoms with Crippen molar-refractivity contribution in [2.24, 2.45) is 0 Å². The molecule has 0 amide bonds. The third-order valence-electron chi connectivity index (χ3n) is 2.76. The molecule has 2 aromatic carbocycles. The number of benzene rings is 2. The second-order valence-corrected chi connectivity index (χ2v) is 3.96. The molecule has 0 aliphatic heterocycles. The molecule has 0 saturated carbocycles. The monoisotopic (exact) mass is 220 g/mol. The van der Waals surface area contributed by atoms with E-state index in [2.05, 4.69) is 48.5 Å². The van der Waals surface area contributed by atoms with Crippen LogP contribution in [0.1, 0.15) is 11.3 Å². The second kappa shape index (κ2) is 4.30. The van der Waals surface area contributed by atoms with E-state index in [1.54, 1.807) is 6.26 Å². The van der Waals surface area contributed by atoms with Gasteiger partial charge in [0.05, 0.1) is 6.26 Å². The molecule has 0 aliphatic rings. The average molecular weight is 220 g/mol. The normalized spacial score (nSPS) is 11.3. The fraction of sp³-hybridized carbons (Fsp3) is 0. The van der Waals surface area contributed by atoms with E-state index >= 15 is 0 Å². The van der Waals surface area contributed by atoms with E-state index in [1.807, 2.05) is 18.2 Å². The van der Waals surface area contributed by atoms with Crippen molar-refractivity contribution < 1.29 is 4.42 Å². The fourth-order valence-corrected chi connectivity index (χ4v) is 1.88. The lowest BCUT2D eigenvalue weighted by Crippen LogP contribution is -1.74. The maximum absolute atomic E-state index is 5.26. The van der Waals surface area contributed by atoms with Gasteiger partial charge in [-0.1, -0.05) is 42.5 Å². The van der Waals surface area contributed by atoms with Crippen molar-refractivity contribution in [3.63, 3.8) is 0 Å². The SMILES string of the molecule is C(=C/c1ccco1)/c1ccc2ccccc2c1. The van der Waals surface area contributed by atoms with E-state index in [-0.39, 0.29) is 0 Å². The summed E-state index contributed by atoms with van der Waals surface area (Å²) >= 11 is 0. The zero-order valence-electron chi connectivity index (χ0n) is 9.34. The molecular weight excluding hydrogens is 208 g/mol. The lowest BCUT2D eigenvalue weighted by Gasteiger charge is -1.98. The Balaban J connectivity index is 1.96. The molecule has 0 radical (unpaired) electrons. The molecule has 0 fully saturated rings. The molecule has 0 aliphatic carbocycles. The molecule has 17 heavy (non-hydrogen) atoms. The van der Waals surface area contributed by atoms with Gasteiger partial charge in [-0.15, -0.1) is 0 Å². The van der Waals surface area contributed by atoms with Crippen LogP contribution < -0.4 is 0 Å². The van der Waals surface area contributed by atoms with Crippen molar-refractivity contribution >= 4 is 22.9 Å². The first-order chi connectivity index (χ1) is 8.42. The first kappa shape index (κ1) is 9.91. The lowest BCUT2D eigenvalue weighted by atomic mass is 10.1. The van der Waals surface area contributed by atoms with E-state index in [4.69, 9.17) is 4.42 Å². The van der Waals surface area contributed by atoms with Crippen molar-refractivity contribution in [2.75, 3.05) is 0 Å². The van der Waals surface area contributed by atoms with Crippen molar-refractivity contribution in [1.29, 1.82) is 0 Å². The summed E-state index contributed by atoms with van der Waals surface area (Å²) in [5.74, 6) is 0.873. The highest BCUT2D eigenvalue weighted by atomic mass is 16.3. The highest BCUT2D eigenvalue weighted by Gasteiger charge is 1.93. The highest BCUT2D eigenvalue weighted by molar-refractivity contribution is 5.85. The van der Waals surface area contributed by atoms with Gasteiger partial charge in [-0.3, -0.25) is 0 Å². The van der Waals surface area contributed by atoms with Crippen LogP contribution in [0.25, 0.3) is 22.9 Å². The van der Waals surface area contributed by atoms with E-state index in [0.29, 0.717) is 0 Å². The summed E-state index contributed by atoms with van der Waals surface area (Å²) in [6.45, 7) is 0. The van der Waals surface area contributed by atoms with Gasteiger partial charge in [0.15, 0.2) is 0 Å². The molecule has 1 heterocycles. The zero-order chi connectivity index (χ0) is 11.5. The third-order valence-corrected chi connectivity index (χ3v) is 2.76. The maximum atomic E-state index is 5.26. The van der Waals surface area contributed by atoms with Crippen molar-refractivity contribution in [3.05, 3.63) is 72.2 Å². The smallest absolute Gasteiger partial charge is 0.126 e. The summed E-state index contributed by atoms with van der Waals surface area (Å²) in [5.41, 5.74) is 1.18. The standard InChI is InChI=1S/C16H12O/c1-2-5-15-12-13(7-9-14(15)4-1)8-10-16-6-3-11-17-16/h1-12H/b10-8-. The summed E-state index contributed by atoms with van der Waals surface area (Å²) in [5, 5.41) is 2.52. The summed E-state index contributed by atoms with van der Waals surface area (Å²) in [6, 6.07) is 18.6. The van der Waals surface area contributed by atoms with Crippen LogP contribution in [0.3, 0.4) is 0 Å². The maximum Gasteiger partial charge on any atom is 0.126 e. The van der Waals surface area contributed by atoms with Gasteiger partial charge < -0.3 is 4.42 Å². The number of fused-ring (bicyclic) bond motifs is 1. The van der Waals surface area contributed by atoms with Gasteiger partial charge in [0, 0.05) is 0 Å². The van der Waals surface area contributed by atoms with Gasteiger partial charge in [-0.25, -0.2) is 0 Å². The van der Waals surface area contributed by atoms with Gasteiger partial charge in [0.1, 0.15) is 5.76 Å². The quantitative estimate of drug-likeness (QED) is 0.615. The van der Waals surface area contributed by atoms with Crippen molar-refractivity contribution in [2.45, 2.75) is 0 Å². The van der Waals surface area contributed by atoms with Crippen LogP contribution in [-0.4, -0.2) is 0 Å². The second-order valence-electron chi connectivity index (χ2n) is 3.96. The third kappa shape index (κ3) is 2.13. The fourth-order valence-electron chi connectivity index (χ4n) is 1.88. The van der Waals surface area contributed by atoms with Crippen LogP contribution in [-0.2, 0) is 0 Å². The minimum absolute atomic E-state index is 0.873. The summed E-state index contributed by atoms with van der Waals surface area (Å²) in [6.07, 6.45) is 5.72. The van der Waals surface area contributed by atoms with Gasteiger partial charge >= 0.3 is 0 Å². The predicted octanol–water partition coefficient (Wildman–Crippen LogP) is 4.60. The van der Waals surface area contributed by atoms with Gasteiger partial charge in [-0.2, -0.15) is 0 Å². The molecule has 3 rings (SSSR count). The molecule has 1 nitrogen and oxygen atoms in total. The van der Waals surface area contributed by atoms with E-state index < -0.39 is 0 Å². The Morgan fingerprint density at radius 3 is 2.47 bits per heavy atom. The van der Waals surface area contributed by atoms with Gasteiger partial charge in [-0.05, 0) is 40.6 Å². The van der Waals surface area contributed by atoms with Crippen LogP contribution in [0.5, 0.6) is 0 Å². The molecule has 1 aromatic heterocycles. The summed E-state index contributed by atoms with van der Waals surface area (Å²) < 4.78 is 5.26. The molecule has 0 N–H and O–H groups in total. The number of hydrogen-bond donors (Lipinski definition) is 0. The average Bonchev–Trinajstić information content (AvgIpc) is 2.89. The molecule has 82 valence electrons. The largest absolute Gasteiger partial charge is 0.465 e. The molecular formula is C16H12O. The summed E-state index contributed by atoms with van der Waals surface area (Å²) in [7, 11) is 0. The predicted molar refractivity (Wildman–Crippen MR) is 71.6 cm³/mol. The number of hydrogen-bond acceptors (Lipinski definition) is 1. The number of rotatable bonds is 2. The molecule has 0 atom stereocenters. The molecule has 1 heteroatoms. The molecule has 0 saturated heterocycles. The van der Waals surface area contributed by atoms with Crippen LogP contribution in [0, 0.1) is 0 Å². The topological polar surface area (TPSA) is 13.1 Å². The van der Waals surface area contributed by atoms with Crippen LogP contribution in [0.4, 0.5) is 0 Å². The Morgan fingerprint density at radius 1 is 0.765 bits per heavy atom. The minimum Gasteiger partial charge on any atom is -0.465 e. The van der Waals surface area contributed by atoms with E-state index in [0.717, 1.165) is 5.76 Å². The van der Waals surface area contributed by atoms with E-state index in [1.165, 1.54) is 16.3 Å². The Bertz CT molecular complexity index is 648. The lowest BCUT2D eigenvalue weighted by molar-refractivity contribution is 0.557. The molecule has 3 aromatic rings.